The lowest BCUT2D eigenvalue weighted by atomic mass is 9.92. The topological polar surface area (TPSA) is 76.1 Å². The van der Waals surface area contributed by atoms with E-state index in [1.807, 2.05) is 0 Å². The molecule has 1 unspecified atom stereocenters. The minimum Gasteiger partial charge on any atom is -0.450 e. The molecular weight excluding hydrogens is 258 g/mol. The molecule has 0 aromatic carbocycles. The summed E-state index contributed by atoms with van der Waals surface area (Å²) in [7, 11) is 1.74. The highest BCUT2D eigenvalue weighted by Crippen LogP contribution is 2.24. The zero-order valence-corrected chi connectivity index (χ0v) is 11.6. The van der Waals surface area contributed by atoms with Crippen molar-refractivity contribution in [3.8, 4) is 0 Å². The second-order valence-corrected chi connectivity index (χ2v) is 5.23. The van der Waals surface area contributed by atoms with Crippen LogP contribution in [0.3, 0.4) is 0 Å². The average Bonchev–Trinajstić information content (AvgIpc) is 2.36. The molecule has 1 aliphatic carbocycles. The summed E-state index contributed by atoms with van der Waals surface area (Å²) in [5.74, 6) is -0.136. The van der Waals surface area contributed by atoms with Gasteiger partial charge in [0.05, 0.1) is 12.7 Å². The fraction of sp³-hybridized carbons (Fsp3) is 0.909. The van der Waals surface area contributed by atoms with Crippen molar-refractivity contribution in [3.05, 3.63) is 0 Å². The fourth-order valence-electron chi connectivity index (χ4n) is 2.13. The Labute approximate surface area is 110 Å². The maximum absolute atomic E-state index is 11.5. The van der Waals surface area contributed by atoms with Gasteiger partial charge >= 0.3 is 6.09 Å². The molecular formula is C11H21NO5S. The SMILES string of the molecule is CCOC(=O)N(C)C1CCC(OCS(=O)O)CC1. The number of hydrogen-bond acceptors (Lipinski definition) is 4. The Morgan fingerprint density at radius 1 is 1.39 bits per heavy atom. The van der Waals surface area contributed by atoms with E-state index in [-0.39, 0.29) is 24.2 Å². The van der Waals surface area contributed by atoms with Crippen LogP contribution in [0, 0.1) is 0 Å². The molecule has 6 nitrogen and oxygen atoms in total. The van der Waals surface area contributed by atoms with Crippen molar-refractivity contribution in [3.63, 3.8) is 0 Å². The molecule has 106 valence electrons. The number of amides is 1. The highest BCUT2D eigenvalue weighted by molar-refractivity contribution is 7.79. The van der Waals surface area contributed by atoms with E-state index in [4.69, 9.17) is 14.0 Å². The summed E-state index contributed by atoms with van der Waals surface area (Å²) < 4.78 is 29.4. The normalized spacial score (nSPS) is 25.5. The van der Waals surface area contributed by atoms with Crippen LogP contribution in [0.25, 0.3) is 0 Å². The van der Waals surface area contributed by atoms with Gasteiger partial charge in [-0.15, -0.1) is 0 Å². The first kappa shape index (κ1) is 15.4. The molecule has 1 fully saturated rings. The summed E-state index contributed by atoms with van der Waals surface area (Å²) in [4.78, 5) is 13.2. The molecule has 0 aliphatic heterocycles. The zero-order valence-electron chi connectivity index (χ0n) is 10.8. The van der Waals surface area contributed by atoms with E-state index in [0.29, 0.717) is 6.61 Å². The molecule has 1 rings (SSSR count). The minimum atomic E-state index is -1.90. The Hall–Kier alpha value is -0.660. The van der Waals surface area contributed by atoms with Crippen LogP contribution in [-0.4, -0.2) is 51.5 Å². The molecule has 1 amide bonds. The second kappa shape index (κ2) is 7.70. The van der Waals surface area contributed by atoms with Gasteiger partial charge in [0.2, 0.25) is 0 Å². The Balaban J connectivity index is 2.30. The monoisotopic (exact) mass is 279 g/mol. The van der Waals surface area contributed by atoms with E-state index >= 15 is 0 Å². The van der Waals surface area contributed by atoms with Gasteiger partial charge in [0.15, 0.2) is 11.1 Å². The van der Waals surface area contributed by atoms with Crippen LogP contribution in [0.4, 0.5) is 4.79 Å². The summed E-state index contributed by atoms with van der Waals surface area (Å²) in [6.45, 7) is 2.16. The molecule has 1 atom stereocenters. The smallest absolute Gasteiger partial charge is 0.409 e. The summed E-state index contributed by atoms with van der Waals surface area (Å²) in [5, 5.41) is 0. The van der Waals surface area contributed by atoms with Crippen molar-refractivity contribution in [1.82, 2.24) is 4.90 Å². The average molecular weight is 279 g/mol. The maximum atomic E-state index is 11.5. The number of nitrogens with zero attached hydrogens (tertiary/aromatic N) is 1. The van der Waals surface area contributed by atoms with Crippen LogP contribution < -0.4 is 0 Å². The largest absolute Gasteiger partial charge is 0.450 e. The van der Waals surface area contributed by atoms with Crippen molar-refractivity contribution in [2.45, 2.75) is 44.8 Å². The molecule has 0 spiro atoms. The Morgan fingerprint density at radius 3 is 2.50 bits per heavy atom. The number of hydrogen-bond donors (Lipinski definition) is 1. The maximum Gasteiger partial charge on any atom is 0.409 e. The predicted molar refractivity (Wildman–Crippen MR) is 67.6 cm³/mol. The van der Waals surface area contributed by atoms with Crippen molar-refractivity contribution >= 4 is 17.2 Å². The minimum absolute atomic E-state index is 0.0212. The molecule has 1 aliphatic rings. The molecule has 18 heavy (non-hydrogen) atoms. The van der Waals surface area contributed by atoms with E-state index in [9.17, 15) is 9.00 Å². The first-order chi connectivity index (χ1) is 8.54. The van der Waals surface area contributed by atoms with Crippen LogP contribution in [0.2, 0.25) is 0 Å². The summed E-state index contributed by atoms with van der Waals surface area (Å²) in [6, 6.07) is 0.170. The number of rotatable bonds is 5. The van der Waals surface area contributed by atoms with Gasteiger partial charge in [-0.1, -0.05) is 0 Å². The number of carbonyl (C=O) groups excluding carboxylic acids is 1. The van der Waals surface area contributed by atoms with Gasteiger partial charge in [0, 0.05) is 13.1 Å². The molecule has 0 bridgehead atoms. The molecule has 0 aromatic rings. The van der Waals surface area contributed by atoms with Gasteiger partial charge < -0.3 is 18.9 Å². The summed E-state index contributed by atoms with van der Waals surface area (Å²) in [6.07, 6.45) is 2.99. The first-order valence-corrected chi connectivity index (χ1v) is 7.40. The van der Waals surface area contributed by atoms with Crippen molar-refractivity contribution in [2.24, 2.45) is 0 Å². The van der Waals surface area contributed by atoms with Crippen molar-refractivity contribution in [2.75, 3.05) is 19.6 Å². The highest BCUT2D eigenvalue weighted by atomic mass is 32.2. The number of carbonyl (C=O) groups is 1. The number of ether oxygens (including phenoxy) is 2. The molecule has 0 heterocycles. The van der Waals surface area contributed by atoms with E-state index in [1.54, 1.807) is 18.9 Å². The van der Waals surface area contributed by atoms with Gasteiger partial charge in [-0.25, -0.2) is 9.00 Å². The predicted octanol–water partition coefficient (Wildman–Crippen LogP) is 1.58. The van der Waals surface area contributed by atoms with Gasteiger partial charge in [-0.05, 0) is 32.6 Å². The van der Waals surface area contributed by atoms with E-state index in [1.165, 1.54) is 0 Å². The quantitative estimate of drug-likeness (QED) is 0.773. The lowest BCUT2D eigenvalue weighted by Crippen LogP contribution is -2.41. The van der Waals surface area contributed by atoms with Crippen molar-refractivity contribution in [1.29, 1.82) is 0 Å². The fourth-order valence-corrected chi connectivity index (χ4v) is 2.44. The molecule has 0 aromatic heterocycles. The third-order valence-corrected chi connectivity index (χ3v) is 3.49. The summed E-state index contributed by atoms with van der Waals surface area (Å²) >= 11 is -1.90. The van der Waals surface area contributed by atoms with Crippen molar-refractivity contribution < 1.29 is 23.0 Å². The first-order valence-electron chi connectivity index (χ1n) is 6.13. The molecule has 1 saturated carbocycles. The van der Waals surface area contributed by atoms with Crippen LogP contribution in [0.1, 0.15) is 32.6 Å². The third-order valence-electron chi connectivity index (χ3n) is 3.15. The lowest BCUT2D eigenvalue weighted by Gasteiger charge is -2.33. The second-order valence-electron chi connectivity index (χ2n) is 4.35. The van der Waals surface area contributed by atoms with E-state index < -0.39 is 11.1 Å². The molecule has 1 N–H and O–H groups in total. The van der Waals surface area contributed by atoms with E-state index in [0.717, 1.165) is 25.7 Å². The van der Waals surface area contributed by atoms with Gasteiger partial charge in [0.25, 0.3) is 0 Å². The molecule has 0 radical (unpaired) electrons. The van der Waals surface area contributed by atoms with E-state index in [2.05, 4.69) is 0 Å². The standard InChI is InChI=1S/C11H21NO5S/c1-3-16-11(13)12(2)9-4-6-10(7-5-9)17-8-18(14)15/h9-10H,3-8H2,1-2H3,(H,14,15). The Kier molecular flexibility index (Phi) is 6.59. The zero-order chi connectivity index (χ0) is 13.5. The summed E-state index contributed by atoms with van der Waals surface area (Å²) in [5.41, 5.74) is 0. The third kappa shape index (κ3) is 4.91. The Morgan fingerprint density at radius 2 is 2.00 bits per heavy atom. The molecule has 7 heteroatoms. The van der Waals surface area contributed by atoms with Crippen LogP contribution in [-0.2, 0) is 20.6 Å². The van der Waals surface area contributed by atoms with Gasteiger partial charge in [0.1, 0.15) is 5.94 Å². The van der Waals surface area contributed by atoms with Gasteiger partial charge in [-0.3, -0.25) is 0 Å². The van der Waals surface area contributed by atoms with Crippen LogP contribution >= 0.6 is 0 Å². The van der Waals surface area contributed by atoms with Gasteiger partial charge in [-0.2, -0.15) is 0 Å². The highest BCUT2D eigenvalue weighted by Gasteiger charge is 2.27. The molecule has 0 saturated heterocycles. The lowest BCUT2D eigenvalue weighted by molar-refractivity contribution is 0.0297. The van der Waals surface area contributed by atoms with Crippen LogP contribution in [0.15, 0.2) is 0 Å². The Bertz CT molecular complexity index is 291. The van der Waals surface area contributed by atoms with Crippen LogP contribution in [0.5, 0.6) is 0 Å².